The molecule has 2 saturated carbocycles. The third-order valence-electron chi connectivity index (χ3n) is 4.25. The third kappa shape index (κ3) is 2.40. The normalized spacial score (nSPS) is 28.1. The van der Waals surface area contributed by atoms with Crippen molar-refractivity contribution < 1.29 is 4.43 Å². The fourth-order valence-electron chi connectivity index (χ4n) is 3.52. The summed E-state index contributed by atoms with van der Waals surface area (Å²) < 4.78 is 5.91. The predicted molar refractivity (Wildman–Crippen MR) is 63.2 cm³/mol. The standard InChI is InChI=1S/C12H24OSi/c1-13-14(12-9-5-6-10-12)11-7-3-2-4-8-11/h11-12,14H,2-10H2,1H3. The van der Waals surface area contributed by atoms with Gasteiger partial charge in [-0.15, -0.1) is 0 Å². The third-order valence-corrected chi connectivity index (χ3v) is 7.99. The largest absolute Gasteiger partial charge is 0.423 e. The van der Waals surface area contributed by atoms with Crippen molar-refractivity contribution in [3.05, 3.63) is 0 Å². The van der Waals surface area contributed by atoms with Crippen LogP contribution < -0.4 is 0 Å². The van der Waals surface area contributed by atoms with E-state index in [1.807, 2.05) is 7.11 Å². The van der Waals surface area contributed by atoms with Crippen LogP contribution in [0.25, 0.3) is 0 Å². The van der Waals surface area contributed by atoms with E-state index in [0.717, 1.165) is 11.1 Å². The van der Waals surface area contributed by atoms with E-state index in [1.165, 1.54) is 57.8 Å². The Kier molecular flexibility index (Phi) is 4.06. The van der Waals surface area contributed by atoms with E-state index in [2.05, 4.69) is 0 Å². The van der Waals surface area contributed by atoms with Crippen molar-refractivity contribution in [3.63, 3.8) is 0 Å². The molecule has 0 amide bonds. The average Bonchev–Trinajstić information content (AvgIpc) is 2.74. The lowest BCUT2D eigenvalue weighted by Crippen LogP contribution is -2.29. The van der Waals surface area contributed by atoms with Crippen molar-refractivity contribution in [2.24, 2.45) is 0 Å². The average molecular weight is 212 g/mol. The van der Waals surface area contributed by atoms with Crippen molar-refractivity contribution in [1.82, 2.24) is 0 Å². The number of hydrogen-bond acceptors (Lipinski definition) is 1. The van der Waals surface area contributed by atoms with E-state index >= 15 is 0 Å². The first-order chi connectivity index (χ1) is 6.92. The van der Waals surface area contributed by atoms with Gasteiger partial charge in [-0.25, -0.2) is 0 Å². The quantitative estimate of drug-likeness (QED) is 0.649. The summed E-state index contributed by atoms with van der Waals surface area (Å²) in [5.74, 6) is 0. The summed E-state index contributed by atoms with van der Waals surface area (Å²) in [5, 5.41) is 0. The van der Waals surface area contributed by atoms with E-state index in [4.69, 9.17) is 4.43 Å². The molecule has 0 N–H and O–H groups in total. The molecule has 0 aliphatic heterocycles. The van der Waals surface area contributed by atoms with Crippen LogP contribution in [-0.2, 0) is 4.43 Å². The number of rotatable bonds is 3. The molecule has 0 aromatic carbocycles. The van der Waals surface area contributed by atoms with Crippen LogP contribution in [0.2, 0.25) is 11.1 Å². The first-order valence-corrected chi connectivity index (χ1v) is 8.25. The molecule has 0 spiro atoms. The van der Waals surface area contributed by atoms with Crippen LogP contribution in [0, 0.1) is 0 Å². The van der Waals surface area contributed by atoms with Crippen molar-refractivity contribution in [2.45, 2.75) is 68.9 Å². The maximum Gasteiger partial charge on any atom is 0.182 e. The van der Waals surface area contributed by atoms with Gasteiger partial charge in [0.05, 0.1) is 0 Å². The van der Waals surface area contributed by atoms with Crippen LogP contribution in [0.1, 0.15) is 57.8 Å². The lowest BCUT2D eigenvalue weighted by molar-refractivity contribution is 0.366. The molecule has 14 heavy (non-hydrogen) atoms. The minimum Gasteiger partial charge on any atom is -0.423 e. The van der Waals surface area contributed by atoms with Gasteiger partial charge < -0.3 is 4.43 Å². The molecular formula is C12H24OSi. The Morgan fingerprint density at radius 1 is 0.786 bits per heavy atom. The summed E-state index contributed by atoms with van der Waals surface area (Å²) in [6, 6.07) is 0. The topological polar surface area (TPSA) is 9.23 Å². The first-order valence-electron chi connectivity index (χ1n) is 6.44. The van der Waals surface area contributed by atoms with Crippen LogP contribution in [0.4, 0.5) is 0 Å². The van der Waals surface area contributed by atoms with Crippen molar-refractivity contribution in [3.8, 4) is 0 Å². The fraction of sp³-hybridized carbons (Fsp3) is 1.00. The molecule has 0 saturated heterocycles. The van der Waals surface area contributed by atoms with Gasteiger partial charge in [0.15, 0.2) is 9.04 Å². The van der Waals surface area contributed by atoms with E-state index in [0.29, 0.717) is 0 Å². The monoisotopic (exact) mass is 212 g/mol. The Morgan fingerprint density at radius 3 is 1.64 bits per heavy atom. The molecule has 0 radical (unpaired) electrons. The van der Waals surface area contributed by atoms with Gasteiger partial charge in [0.1, 0.15) is 0 Å². The number of hydrogen-bond donors (Lipinski definition) is 0. The zero-order valence-electron chi connectivity index (χ0n) is 9.50. The van der Waals surface area contributed by atoms with Crippen LogP contribution >= 0.6 is 0 Å². The minimum absolute atomic E-state index is 0.847. The predicted octanol–water partition coefficient (Wildman–Crippen LogP) is 3.64. The van der Waals surface area contributed by atoms with Gasteiger partial charge in [0, 0.05) is 7.11 Å². The van der Waals surface area contributed by atoms with Gasteiger partial charge in [-0.1, -0.05) is 57.8 Å². The molecule has 2 aliphatic rings. The fourth-order valence-corrected chi connectivity index (χ4v) is 7.31. The maximum absolute atomic E-state index is 5.91. The van der Waals surface area contributed by atoms with Gasteiger partial charge in [0.25, 0.3) is 0 Å². The zero-order valence-corrected chi connectivity index (χ0v) is 10.7. The summed E-state index contributed by atoms with van der Waals surface area (Å²) in [6.07, 6.45) is 13.3. The SMILES string of the molecule is CO[SiH](C1CCCCC1)C1CCCC1. The molecule has 0 aromatic heterocycles. The van der Waals surface area contributed by atoms with Crippen molar-refractivity contribution >= 4 is 9.04 Å². The van der Waals surface area contributed by atoms with Crippen LogP contribution in [0.5, 0.6) is 0 Å². The molecule has 0 bridgehead atoms. The lowest BCUT2D eigenvalue weighted by Gasteiger charge is -2.31. The Balaban J connectivity index is 1.89. The lowest BCUT2D eigenvalue weighted by atomic mass is 10.0. The highest BCUT2D eigenvalue weighted by Crippen LogP contribution is 2.42. The molecule has 2 fully saturated rings. The zero-order chi connectivity index (χ0) is 9.80. The second-order valence-corrected chi connectivity index (χ2v) is 8.43. The maximum atomic E-state index is 5.91. The first kappa shape index (κ1) is 10.7. The van der Waals surface area contributed by atoms with Gasteiger partial charge in [-0.3, -0.25) is 0 Å². The van der Waals surface area contributed by atoms with Crippen LogP contribution in [-0.4, -0.2) is 16.2 Å². The minimum atomic E-state index is -0.847. The molecule has 0 aromatic rings. The van der Waals surface area contributed by atoms with Gasteiger partial charge in [-0.2, -0.15) is 0 Å². The summed E-state index contributed by atoms with van der Waals surface area (Å²) in [4.78, 5) is 0. The second kappa shape index (κ2) is 5.31. The van der Waals surface area contributed by atoms with Crippen LogP contribution in [0.15, 0.2) is 0 Å². The summed E-state index contributed by atoms with van der Waals surface area (Å²) in [7, 11) is 1.14. The molecule has 0 heterocycles. The highest BCUT2D eigenvalue weighted by atomic mass is 28.3. The van der Waals surface area contributed by atoms with E-state index in [1.54, 1.807) is 0 Å². The van der Waals surface area contributed by atoms with E-state index in [-0.39, 0.29) is 0 Å². The summed E-state index contributed by atoms with van der Waals surface area (Å²) in [6.45, 7) is 0. The smallest absolute Gasteiger partial charge is 0.182 e. The van der Waals surface area contributed by atoms with E-state index < -0.39 is 9.04 Å². The Labute approximate surface area is 90.0 Å². The second-order valence-electron chi connectivity index (χ2n) is 5.14. The molecule has 2 rings (SSSR count). The van der Waals surface area contributed by atoms with Gasteiger partial charge in [-0.05, 0) is 11.1 Å². The van der Waals surface area contributed by atoms with Gasteiger partial charge in [0.2, 0.25) is 0 Å². The van der Waals surface area contributed by atoms with Crippen molar-refractivity contribution in [1.29, 1.82) is 0 Å². The van der Waals surface area contributed by atoms with Gasteiger partial charge >= 0.3 is 0 Å². The molecule has 1 nitrogen and oxygen atoms in total. The highest BCUT2D eigenvalue weighted by Gasteiger charge is 2.34. The molecular weight excluding hydrogens is 188 g/mol. The Hall–Kier alpha value is 0.177. The Bertz CT molecular complexity index is 160. The summed E-state index contributed by atoms with van der Waals surface area (Å²) in [5.41, 5.74) is 2.06. The van der Waals surface area contributed by atoms with Crippen LogP contribution in [0.3, 0.4) is 0 Å². The summed E-state index contributed by atoms with van der Waals surface area (Å²) >= 11 is 0. The molecule has 2 heteroatoms. The molecule has 1 atom stereocenters. The molecule has 1 unspecified atom stereocenters. The van der Waals surface area contributed by atoms with Crippen molar-refractivity contribution in [2.75, 3.05) is 7.11 Å². The highest BCUT2D eigenvalue weighted by molar-refractivity contribution is 6.55. The molecule has 82 valence electrons. The molecule has 2 aliphatic carbocycles. The Morgan fingerprint density at radius 2 is 1.21 bits per heavy atom. The van der Waals surface area contributed by atoms with E-state index in [9.17, 15) is 0 Å².